The first-order chi connectivity index (χ1) is 14.1. The third-order valence-electron chi connectivity index (χ3n) is 6.65. The zero-order valence-electron chi connectivity index (χ0n) is 16.7. The van der Waals surface area contributed by atoms with Gasteiger partial charge < -0.3 is 14.6 Å². The molecule has 6 nitrogen and oxygen atoms in total. The van der Waals surface area contributed by atoms with Crippen molar-refractivity contribution in [3.63, 3.8) is 0 Å². The average molecular weight is 393 g/mol. The number of benzene rings is 1. The molecule has 0 unspecified atom stereocenters. The van der Waals surface area contributed by atoms with Crippen molar-refractivity contribution in [1.29, 1.82) is 0 Å². The van der Waals surface area contributed by atoms with Gasteiger partial charge in [0.05, 0.1) is 23.9 Å². The molecule has 3 aliphatic heterocycles. The first kappa shape index (κ1) is 18.6. The number of nitrogens with one attached hydrogen (secondary N) is 1. The third kappa shape index (κ3) is 3.63. The van der Waals surface area contributed by atoms with Crippen molar-refractivity contribution >= 4 is 12.0 Å². The average Bonchev–Trinajstić information content (AvgIpc) is 3.46. The smallest absolute Gasteiger partial charge is 0.244 e. The van der Waals surface area contributed by atoms with E-state index in [-0.39, 0.29) is 17.6 Å². The Labute approximate surface area is 170 Å². The second-order valence-electron chi connectivity index (χ2n) is 8.62. The van der Waals surface area contributed by atoms with Gasteiger partial charge in [-0.3, -0.25) is 9.69 Å². The van der Waals surface area contributed by atoms with E-state index in [4.69, 9.17) is 9.26 Å². The standard InChI is InChI=1S/C23H27N3O3/c1-16-11-18(29-25-16)13-26-14-20-19(21-9-10-23(20,15-26)28-21)12-24-22(27)8-7-17-5-3-2-4-6-17/h2-8,11,19-21H,9-10,12-15H2,1H3,(H,24,27)/b8-7+/t19-,20+,21+,23+/m0/s1. The second-order valence-corrected chi connectivity index (χ2v) is 8.62. The number of hydrogen-bond donors (Lipinski definition) is 1. The van der Waals surface area contributed by atoms with Crippen LogP contribution in [0, 0.1) is 18.8 Å². The fourth-order valence-corrected chi connectivity index (χ4v) is 5.40. The van der Waals surface area contributed by atoms with Gasteiger partial charge in [0.15, 0.2) is 5.76 Å². The number of ether oxygens (including phenoxy) is 1. The number of fused-ring (bicyclic) bond motifs is 1. The number of amides is 1. The molecule has 1 aromatic carbocycles. The molecule has 0 saturated carbocycles. The van der Waals surface area contributed by atoms with Crippen LogP contribution in [0.5, 0.6) is 0 Å². The van der Waals surface area contributed by atoms with Gasteiger partial charge in [0, 0.05) is 43.6 Å². The molecule has 6 heteroatoms. The number of aromatic nitrogens is 1. The van der Waals surface area contributed by atoms with Crippen molar-refractivity contribution in [1.82, 2.24) is 15.4 Å². The van der Waals surface area contributed by atoms with Crippen LogP contribution in [0.2, 0.25) is 0 Å². The number of carbonyl (C=O) groups excluding carboxylic acids is 1. The molecule has 3 saturated heterocycles. The Bertz CT molecular complexity index is 909. The quantitative estimate of drug-likeness (QED) is 0.765. The largest absolute Gasteiger partial charge is 0.370 e. The minimum Gasteiger partial charge on any atom is -0.370 e. The van der Waals surface area contributed by atoms with E-state index in [0.717, 1.165) is 49.5 Å². The Hall–Kier alpha value is -2.44. The lowest BCUT2D eigenvalue weighted by molar-refractivity contribution is -0.116. The highest BCUT2D eigenvalue weighted by atomic mass is 16.5. The van der Waals surface area contributed by atoms with Crippen molar-refractivity contribution in [2.75, 3.05) is 19.6 Å². The van der Waals surface area contributed by atoms with Gasteiger partial charge in [0.25, 0.3) is 0 Å². The van der Waals surface area contributed by atoms with E-state index in [1.54, 1.807) is 6.08 Å². The van der Waals surface area contributed by atoms with E-state index >= 15 is 0 Å². The Morgan fingerprint density at radius 1 is 1.38 bits per heavy atom. The molecule has 0 aliphatic carbocycles. The Morgan fingerprint density at radius 2 is 2.24 bits per heavy atom. The summed E-state index contributed by atoms with van der Waals surface area (Å²) in [5, 5.41) is 7.10. The van der Waals surface area contributed by atoms with Crippen LogP contribution in [-0.4, -0.2) is 47.3 Å². The Kier molecular flexibility index (Phi) is 4.76. The molecule has 2 bridgehead atoms. The fourth-order valence-electron chi connectivity index (χ4n) is 5.40. The molecular weight excluding hydrogens is 366 g/mol. The minimum atomic E-state index is -0.0466. The summed E-state index contributed by atoms with van der Waals surface area (Å²) < 4.78 is 11.9. The van der Waals surface area contributed by atoms with Crippen LogP contribution in [0.15, 0.2) is 47.0 Å². The van der Waals surface area contributed by atoms with Gasteiger partial charge in [0.2, 0.25) is 5.91 Å². The number of carbonyl (C=O) groups is 1. The zero-order valence-corrected chi connectivity index (χ0v) is 16.7. The van der Waals surface area contributed by atoms with Gasteiger partial charge in [-0.2, -0.15) is 0 Å². The van der Waals surface area contributed by atoms with Gasteiger partial charge in [-0.25, -0.2) is 0 Å². The number of aryl methyl sites for hydroxylation is 1. The monoisotopic (exact) mass is 393 g/mol. The summed E-state index contributed by atoms with van der Waals surface area (Å²) in [6, 6.07) is 11.9. The van der Waals surface area contributed by atoms with E-state index in [9.17, 15) is 4.79 Å². The highest BCUT2D eigenvalue weighted by Gasteiger charge is 2.62. The summed E-state index contributed by atoms with van der Waals surface area (Å²) in [5.74, 6) is 1.70. The van der Waals surface area contributed by atoms with Crippen LogP contribution < -0.4 is 5.32 Å². The first-order valence-electron chi connectivity index (χ1n) is 10.4. The van der Waals surface area contributed by atoms with Crippen LogP contribution in [0.4, 0.5) is 0 Å². The van der Waals surface area contributed by atoms with Crippen LogP contribution in [0.25, 0.3) is 6.08 Å². The molecule has 1 spiro atoms. The predicted molar refractivity (Wildman–Crippen MR) is 109 cm³/mol. The number of rotatable bonds is 6. The maximum absolute atomic E-state index is 12.3. The van der Waals surface area contributed by atoms with Crippen molar-refractivity contribution in [2.24, 2.45) is 11.8 Å². The SMILES string of the molecule is Cc1cc(CN2C[C@@H]3[C@H](CNC(=O)/C=C/c4ccccc4)[C@H]4CC[C@]3(C2)O4)on1. The van der Waals surface area contributed by atoms with Crippen LogP contribution in [0.1, 0.15) is 29.9 Å². The van der Waals surface area contributed by atoms with Gasteiger partial charge in [0.1, 0.15) is 0 Å². The van der Waals surface area contributed by atoms with Crippen molar-refractivity contribution < 1.29 is 14.1 Å². The number of nitrogens with zero attached hydrogens (tertiary/aromatic N) is 2. The molecular formula is C23H27N3O3. The molecule has 3 fully saturated rings. The maximum atomic E-state index is 12.3. The van der Waals surface area contributed by atoms with Crippen LogP contribution in [-0.2, 0) is 16.1 Å². The normalized spacial score (nSPS) is 30.9. The summed E-state index contributed by atoms with van der Waals surface area (Å²) in [4.78, 5) is 14.7. The number of likely N-dealkylation sites (tertiary alicyclic amines) is 1. The Morgan fingerprint density at radius 3 is 3.03 bits per heavy atom. The molecule has 29 heavy (non-hydrogen) atoms. The Balaban J connectivity index is 1.19. The molecule has 2 aromatic rings. The first-order valence-corrected chi connectivity index (χ1v) is 10.4. The second kappa shape index (κ2) is 7.43. The highest BCUT2D eigenvalue weighted by Crippen LogP contribution is 2.54. The molecule has 152 valence electrons. The van der Waals surface area contributed by atoms with Gasteiger partial charge in [-0.15, -0.1) is 0 Å². The summed E-state index contributed by atoms with van der Waals surface area (Å²) >= 11 is 0. The van der Waals surface area contributed by atoms with Crippen LogP contribution in [0.3, 0.4) is 0 Å². The minimum absolute atomic E-state index is 0.0438. The lowest BCUT2D eigenvalue weighted by Gasteiger charge is -2.29. The van der Waals surface area contributed by atoms with Gasteiger partial charge >= 0.3 is 0 Å². The molecule has 5 rings (SSSR count). The topological polar surface area (TPSA) is 67.6 Å². The molecule has 1 amide bonds. The van der Waals surface area contributed by atoms with Gasteiger partial charge in [-0.1, -0.05) is 35.5 Å². The molecule has 0 radical (unpaired) electrons. The number of hydrogen-bond acceptors (Lipinski definition) is 5. The summed E-state index contributed by atoms with van der Waals surface area (Å²) in [7, 11) is 0. The van der Waals surface area contributed by atoms with E-state index in [1.807, 2.05) is 49.4 Å². The van der Waals surface area contributed by atoms with E-state index in [2.05, 4.69) is 15.4 Å². The van der Waals surface area contributed by atoms with Crippen molar-refractivity contribution in [3.05, 3.63) is 59.5 Å². The zero-order chi connectivity index (χ0) is 19.8. The maximum Gasteiger partial charge on any atom is 0.244 e. The van der Waals surface area contributed by atoms with E-state index < -0.39 is 0 Å². The third-order valence-corrected chi connectivity index (χ3v) is 6.65. The summed E-state index contributed by atoms with van der Waals surface area (Å²) in [6.07, 6.45) is 5.95. The van der Waals surface area contributed by atoms with E-state index in [0.29, 0.717) is 18.4 Å². The van der Waals surface area contributed by atoms with Gasteiger partial charge in [-0.05, 0) is 31.4 Å². The van der Waals surface area contributed by atoms with E-state index in [1.165, 1.54) is 0 Å². The summed E-state index contributed by atoms with van der Waals surface area (Å²) in [5.41, 5.74) is 1.90. The van der Waals surface area contributed by atoms with Crippen molar-refractivity contribution in [2.45, 2.75) is 38.0 Å². The molecule has 1 N–H and O–H groups in total. The molecule has 4 heterocycles. The predicted octanol–water partition coefficient (Wildman–Crippen LogP) is 2.79. The molecule has 1 aromatic heterocycles. The summed E-state index contributed by atoms with van der Waals surface area (Å²) in [6.45, 7) is 5.30. The van der Waals surface area contributed by atoms with Crippen molar-refractivity contribution in [3.8, 4) is 0 Å². The fraction of sp³-hybridized carbons (Fsp3) is 0.478. The molecule has 3 aliphatic rings. The lowest BCUT2D eigenvalue weighted by atomic mass is 9.73. The lowest BCUT2D eigenvalue weighted by Crippen LogP contribution is -2.41. The molecule has 4 atom stereocenters. The highest BCUT2D eigenvalue weighted by molar-refractivity contribution is 5.91. The van der Waals surface area contributed by atoms with Crippen LogP contribution >= 0.6 is 0 Å².